The second-order valence-corrected chi connectivity index (χ2v) is 7.87. The lowest BCUT2D eigenvalue weighted by Gasteiger charge is -2.37. The van der Waals surface area contributed by atoms with Crippen LogP contribution in [0.5, 0.6) is 0 Å². The van der Waals surface area contributed by atoms with Gasteiger partial charge in [-0.1, -0.05) is 0 Å². The number of likely N-dealkylation sites (tertiary alicyclic amines) is 1. The van der Waals surface area contributed by atoms with Crippen LogP contribution < -0.4 is 10.2 Å². The highest BCUT2D eigenvalue weighted by atomic mass is 127. The lowest BCUT2D eigenvalue weighted by molar-refractivity contribution is 0.142. The topological polar surface area (TPSA) is 43.3 Å². The maximum Gasteiger partial charge on any atom is 0.194 e. The Morgan fingerprint density at radius 3 is 2.78 bits per heavy atom. The van der Waals surface area contributed by atoms with E-state index in [2.05, 4.69) is 44.5 Å². The normalized spacial score (nSPS) is 21.4. The molecule has 0 saturated carbocycles. The minimum Gasteiger partial charge on any atom is -0.383 e. The highest BCUT2D eigenvalue weighted by Crippen LogP contribution is 2.22. The van der Waals surface area contributed by atoms with E-state index in [-0.39, 0.29) is 24.0 Å². The van der Waals surface area contributed by atoms with E-state index in [0.29, 0.717) is 6.04 Å². The molecule has 0 bridgehead atoms. The molecule has 3 rings (SSSR count). The minimum absolute atomic E-state index is 0. The Bertz CT molecular complexity index is 548. The number of ether oxygens (including phenoxy) is 1. The van der Waals surface area contributed by atoms with Crippen molar-refractivity contribution in [1.82, 2.24) is 15.1 Å². The number of hydrogen-bond donors (Lipinski definition) is 1. The first-order valence-electron chi connectivity index (χ1n) is 9.86. The molecular weight excluding hydrogens is 473 g/mol. The predicted molar refractivity (Wildman–Crippen MR) is 126 cm³/mol. The second kappa shape index (κ2) is 12.1. The molecule has 8 heteroatoms. The number of nitrogens with one attached hydrogen (secondary N) is 1. The quantitative estimate of drug-likeness (QED) is 0.349. The fourth-order valence-electron chi connectivity index (χ4n) is 3.81. The van der Waals surface area contributed by atoms with Crippen LogP contribution in [-0.4, -0.2) is 87.9 Å². The summed E-state index contributed by atoms with van der Waals surface area (Å²) in [5.41, 5.74) is 0. The van der Waals surface area contributed by atoms with Crippen LogP contribution >= 0.6 is 35.3 Å². The third-order valence-corrected chi connectivity index (χ3v) is 6.19. The fraction of sp³-hybridized carbons (Fsp3) is 0.737. The van der Waals surface area contributed by atoms with Gasteiger partial charge in [-0.3, -0.25) is 9.89 Å². The Kier molecular flexibility index (Phi) is 10.2. The van der Waals surface area contributed by atoms with Crippen molar-refractivity contribution >= 4 is 46.3 Å². The van der Waals surface area contributed by atoms with E-state index < -0.39 is 0 Å². The SMILES string of the molecule is CCNC(=NCC1CCCN1CCOC)N1CCN(c2cccs2)CC1.I. The van der Waals surface area contributed by atoms with E-state index in [1.54, 1.807) is 7.11 Å². The molecule has 2 aliphatic heterocycles. The van der Waals surface area contributed by atoms with Crippen molar-refractivity contribution in [2.75, 3.05) is 71.0 Å². The number of guanidine groups is 1. The van der Waals surface area contributed by atoms with Crippen LogP contribution in [0.2, 0.25) is 0 Å². The van der Waals surface area contributed by atoms with Crippen molar-refractivity contribution < 1.29 is 4.74 Å². The summed E-state index contributed by atoms with van der Waals surface area (Å²) in [5.74, 6) is 1.08. The zero-order valence-electron chi connectivity index (χ0n) is 16.6. The third kappa shape index (κ3) is 6.47. The highest BCUT2D eigenvalue weighted by Gasteiger charge is 2.25. The van der Waals surface area contributed by atoms with Gasteiger partial charge in [0.2, 0.25) is 0 Å². The summed E-state index contributed by atoms with van der Waals surface area (Å²) in [7, 11) is 1.78. The van der Waals surface area contributed by atoms with E-state index in [1.807, 2.05) is 11.3 Å². The van der Waals surface area contributed by atoms with Crippen molar-refractivity contribution in [1.29, 1.82) is 0 Å². The molecule has 1 aromatic heterocycles. The summed E-state index contributed by atoms with van der Waals surface area (Å²) >= 11 is 1.83. The van der Waals surface area contributed by atoms with Crippen LogP contribution in [0.15, 0.2) is 22.5 Å². The number of nitrogens with zero attached hydrogens (tertiary/aromatic N) is 4. The third-order valence-electron chi connectivity index (χ3n) is 5.27. The monoisotopic (exact) mass is 507 g/mol. The maximum absolute atomic E-state index is 5.25. The van der Waals surface area contributed by atoms with Crippen molar-refractivity contribution in [2.24, 2.45) is 4.99 Å². The Morgan fingerprint density at radius 1 is 1.30 bits per heavy atom. The number of aliphatic imine (C=N–C) groups is 1. The molecule has 1 aromatic rings. The lowest BCUT2D eigenvalue weighted by Crippen LogP contribution is -2.52. The summed E-state index contributed by atoms with van der Waals surface area (Å²) in [4.78, 5) is 12.4. The average Bonchev–Trinajstić information content (AvgIpc) is 3.35. The summed E-state index contributed by atoms with van der Waals surface area (Å²) in [5, 5.41) is 7.04. The van der Waals surface area contributed by atoms with E-state index in [9.17, 15) is 0 Å². The first kappa shape index (κ1) is 22.7. The molecule has 27 heavy (non-hydrogen) atoms. The predicted octanol–water partition coefficient (Wildman–Crippen LogP) is 2.56. The van der Waals surface area contributed by atoms with Gasteiger partial charge in [0.25, 0.3) is 0 Å². The van der Waals surface area contributed by atoms with Crippen molar-refractivity contribution in [3.63, 3.8) is 0 Å². The summed E-state index contributed by atoms with van der Waals surface area (Å²) in [6.07, 6.45) is 2.53. The first-order chi connectivity index (χ1) is 12.8. The Balaban J connectivity index is 0.00000261. The number of halogens is 1. The smallest absolute Gasteiger partial charge is 0.194 e. The summed E-state index contributed by atoms with van der Waals surface area (Å²) in [6, 6.07) is 4.91. The number of rotatable bonds is 7. The second-order valence-electron chi connectivity index (χ2n) is 6.94. The maximum atomic E-state index is 5.25. The molecule has 0 amide bonds. The first-order valence-corrected chi connectivity index (χ1v) is 10.7. The minimum atomic E-state index is 0. The number of anilines is 1. The van der Waals surface area contributed by atoms with Crippen LogP contribution in [0.25, 0.3) is 0 Å². The van der Waals surface area contributed by atoms with Gasteiger partial charge in [0.05, 0.1) is 18.2 Å². The van der Waals surface area contributed by atoms with Gasteiger partial charge in [-0.05, 0) is 43.8 Å². The lowest BCUT2D eigenvalue weighted by atomic mass is 10.2. The fourth-order valence-corrected chi connectivity index (χ4v) is 4.60. The largest absolute Gasteiger partial charge is 0.383 e. The van der Waals surface area contributed by atoms with E-state index in [0.717, 1.165) is 58.4 Å². The van der Waals surface area contributed by atoms with Crippen LogP contribution in [-0.2, 0) is 4.74 Å². The van der Waals surface area contributed by atoms with Gasteiger partial charge in [-0.15, -0.1) is 35.3 Å². The molecule has 1 unspecified atom stereocenters. The Hall–Kier alpha value is -0.580. The van der Waals surface area contributed by atoms with Crippen molar-refractivity contribution in [2.45, 2.75) is 25.8 Å². The van der Waals surface area contributed by atoms with Crippen LogP contribution in [0.1, 0.15) is 19.8 Å². The zero-order chi connectivity index (χ0) is 18.2. The number of thiophene rings is 1. The molecule has 0 aromatic carbocycles. The summed E-state index contributed by atoms with van der Waals surface area (Å²) < 4.78 is 5.25. The molecule has 2 aliphatic rings. The van der Waals surface area contributed by atoms with Gasteiger partial charge in [-0.25, -0.2) is 0 Å². The Labute approximate surface area is 185 Å². The molecule has 1 atom stereocenters. The summed E-state index contributed by atoms with van der Waals surface area (Å²) in [6.45, 7) is 11.2. The van der Waals surface area contributed by atoms with Gasteiger partial charge in [0.1, 0.15) is 0 Å². The van der Waals surface area contributed by atoms with Crippen LogP contribution in [0.4, 0.5) is 5.00 Å². The van der Waals surface area contributed by atoms with Gasteiger partial charge >= 0.3 is 0 Å². The van der Waals surface area contributed by atoms with Crippen LogP contribution in [0.3, 0.4) is 0 Å². The molecule has 0 aliphatic carbocycles. The van der Waals surface area contributed by atoms with Gasteiger partial charge in [0.15, 0.2) is 5.96 Å². The average molecular weight is 507 g/mol. The van der Waals surface area contributed by atoms with Crippen LogP contribution in [0, 0.1) is 0 Å². The zero-order valence-corrected chi connectivity index (χ0v) is 19.7. The van der Waals surface area contributed by atoms with Gasteiger partial charge < -0.3 is 19.9 Å². The van der Waals surface area contributed by atoms with Gasteiger partial charge in [0, 0.05) is 52.4 Å². The molecule has 0 spiro atoms. The Morgan fingerprint density at radius 2 is 2.11 bits per heavy atom. The van der Waals surface area contributed by atoms with Crippen molar-refractivity contribution in [3.05, 3.63) is 17.5 Å². The molecule has 2 fully saturated rings. The molecule has 6 nitrogen and oxygen atoms in total. The van der Waals surface area contributed by atoms with E-state index in [4.69, 9.17) is 9.73 Å². The number of piperazine rings is 1. The molecule has 3 heterocycles. The molecule has 0 radical (unpaired) electrons. The van der Waals surface area contributed by atoms with E-state index >= 15 is 0 Å². The number of methoxy groups -OCH3 is 1. The molecule has 1 N–H and O–H groups in total. The highest BCUT2D eigenvalue weighted by molar-refractivity contribution is 14.0. The molecular formula is C19H34IN5OS. The van der Waals surface area contributed by atoms with E-state index in [1.165, 1.54) is 24.4 Å². The molecule has 2 saturated heterocycles. The van der Waals surface area contributed by atoms with Gasteiger partial charge in [-0.2, -0.15) is 0 Å². The molecule has 154 valence electrons. The van der Waals surface area contributed by atoms with Crippen molar-refractivity contribution in [3.8, 4) is 0 Å². The number of hydrogen-bond acceptors (Lipinski definition) is 5. The standard InChI is InChI=1S/C19H33N5OS.HI/c1-3-20-19(21-16-17-6-4-8-22(17)13-14-25-2)24-11-9-23(10-12-24)18-7-5-15-26-18;/h5,7,15,17H,3-4,6,8-14,16H2,1-2H3,(H,20,21);1H.